The van der Waals surface area contributed by atoms with Gasteiger partial charge in [-0.1, -0.05) is 13.0 Å². The Hall–Kier alpha value is -1.33. The highest BCUT2D eigenvalue weighted by Gasteiger charge is 2.41. The van der Waals surface area contributed by atoms with Gasteiger partial charge in [0, 0.05) is 13.1 Å². The van der Waals surface area contributed by atoms with Gasteiger partial charge in [0.05, 0.1) is 24.3 Å². The molecule has 0 saturated carbocycles. The standard InChI is InChI=1S/C15H19F2NO2/c1-3-15(2,18-7-9-20-10-8-18)14(19)13-11(16)5-4-6-12(13)17/h4-6H,3,7-10H2,1-2H3. The van der Waals surface area contributed by atoms with Gasteiger partial charge in [-0.25, -0.2) is 8.78 Å². The highest BCUT2D eigenvalue weighted by atomic mass is 19.1. The van der Waals surface area contributed by atoms with Crippen LogP contribution in [-0.4, -0.2) is 42.5 Å². The van der Waals surface area contributed by atoms with Crippen LogP contribution in [0, 0.1) is 11.6 Å². The van der Waals surface area contributed by atoms with Crippen LogP contribution >= 0.6 is 0 Å². The van der Waals surface area contributed by atoms with Gasteiger partial charge in [-0.15, -0.1) is 0 Å². The number of carbonyl (C=O) groups is 1. The maximum absolute atomic E-state index is 13.8. The fraction of sp³-hybridized carbons (Fsp3) is 0.533. The Morgan fingerprint density at radius 3 is 2.35 bits per heavy atom. The number of halogens is 2. The predicted octanol–water partition coefficient (Wildman–Crippen LogP) is 2.65. The number of morpholine rings is 1. The number of carbonyl (C=O) groups excluding carboxylic acids is 1. The van der Waals surface area contributed by atoms with E-state index in [1.165, 1.54) is 6.07 Å². The Balaban J connectivity index is 2.37. The lowest BCUT2D eigenvalue weighted by Crippen LogP contribution is -2.56. The van der Waals surface area contributed by atoms with Crippen LogP contribution in [0.25, 0.3) is 0 Å². The van der Waals surface area contributed by atoms with Gasteiger partial charge in [0.1, 0.15) is 11.6 Å². The number of benzene rings is 1. The molecule has 0 aromatic heterocycles. The molecule has 0 spiro atoms. The van der Waals surface area contributed by atoms with Gasteiger partial charge in [0.2, 0.25) is 0 Å². The van der Waals surface area contributed by atoms with E-state index in [2.05, 4.69) is 0 Å². The molecule has 5 heteroatoms. The Morgan fingerprint density at radius 2 is 1.85 bits per heavy atom. The number of ketones is 1. The van der Waals surface area contributed by atoms with Gasteiger partial charge in [0.25, 0.3) is 0 Å². The molecule has 1 fully saturated rings. The molecule has 1 aromatic rings. The molecule has 1 atom stereocenters. The van der Waals surface area contributed by atoms with Crippen LogP contribution in [0.15, 0.2) is 18.2 Å². The number of hydrogen-bond donors (Lipinski definition) is 0. The van der Waals surface area contributed by atoms with Crippen LogP contribution in [0.1, 0.15) is 30.6 Å². The van der Waals surface area contributed by atoms with E-state index in [0.717, 1.165) is 12.1 Å². The van der Waals surface area contributed by atoms with Crippen LogP contribution in [0.2, 0.25) is 0 Å². The molecule has 1 aliphatic heterocycles. The number of Topliss-reactive ketones (excluding diaryl/α,β-unsaturated/α-hetero) is 1. The van der Waals surface area contributed by atoms with Gasteiger partial charge in [-0.2, -0.15) is 0 Å². The van der Waals surface area contributed by atoms with Crippen LogP contribution in [0.4, 0.5) is 8.78 Å². The quantitative estimate of drug-likeness (QED) is 0.796. The first kappa shape index (κ1) is 15.1. The maximum Gasteiger partial charge on any atom is 0.188 e. The summed E-state index contributed by atoms with van der Waals surface area (Å²) in [6.07, 6.45) is 0.486. The summed E-state index contributed by atoms with van der Waals surface area (Å²) in [5, 5.41) is 0. The van der Waals surface area contributed by atoms with E-state index in [1.807, 2.05) is 11.8 Å². The van der Waals surface area contributed by atoms with Crippen molar-refractivity contribution in [3.8, 4) is 0 Å². The molecule has 2 rings (SSSR count). The second kappa shape index (κ2) is 5.97. The third-order valence-electron chi connectivity index (χ3n) is 4.08. The summed E-state index contributed by atoms with van der Waals surface area (Å²) in [5.74, 6) is -2.11. The van der Waals surface area contributed by atoms with Crippen LogP contribution in [-0.2, 0) is 4.74 Å². The summed E-state index contributed by atoms with van der Waals surface area (Å²) in [4.78, 5) is 14.6. The van der Waals surface area contributed by atoms with Crippen molar-refractivity contribution in [2.45, 2.75) is 25.8 Å². The van der Waals surface area contributed by atoms with E-state index in [4.69, 9.17) is 4.74 Å². The number of hydrogen-bond acceptors (Lipinski definition) is 3. The molecule has 3 nitrogen and oxygen atoms in total. The van der Waals surface area contributed by atoms with Crippen molar-refractivity contribution in [1.82, 2.24) is 4.90 Å². The molecule has 110 valence electrons. The highest BCUT2D eigenvalue weighted by Crippen LogP contribution is 2.28. The smallest absolute Gasteiger partial charge is 0.188 e. The van der Waals surface area contributed by atoms with Crippen molar-refractivity contribution in [3.05, 3.63) is 35.4 Å². The lowest BCUT2D eigenvalue weighted by atomic mass is 9.86. The number of ether oxygens (including phenoxy) is 1. The fourth-order valence-corrected chi connectivity index (χ4v) is 2.57. The van der Waals surface area contributed by atoms with E-state index in [-0.39, 0.29) is 0 Å². The monoisotopic (exact) mass is 283 g/mol. The molecule has 0 amide bonds. The molecule has 0 radical (unpaired) electrons. The fourth-order valence-electron chi connectivity index (χ4n) is 2.57. The van der Waals surface area contributed by atoms with E-state index in [0.29, 0.717) is 32.7 Å². The van der Waals surface area contributed by atoms with Gasteiger partial charge in [0.15, 0.2) is 5.78 Å². The van der Waals surface area contributed by atoms with Crippen molar-refractivity contribution in [2.24, 2.45) is 0 Å². The second-order valence-corrected chi connectivity index (χ2v) is 5.15. The second-order valence-electron chi connectivity index (χ2n) is 5.15. The van der Waals surface area contributed by atoms with Gasteiger partial charge < -0.3 is 4.74 Å². The molecule has 1 unspecified atom stereocenters. The van der Waals surface area contributed by atoms with Crippen LogP contribution in [0.5, 0.6) is 0 Å². The largest absolute Gasteiger partial charge is 0.379 e. The molecular weight excluding hydrogens is 264 g/mol. The van der Waals surface area contributed by atoms with E-state index >= 15 is 0 Å². The number of nitrogens with zero attached hydrogens (tertiary/aromatic N) is 1. The Bertz CT molecular complexity index is 480. The first-order chi connectivity index (χ1) is 9.50. The minimum atomic E-state index is -0.910. The average Bonchev–Trinajstić information content (AvgIpc) is 2.47. The average molecular weight is 283 g/mol. The zero-order valence-corrected chi connectivity index (χ0v) is 11.8. The molecule has 20 heavy (non-hydrogen) atoms. The number of rotatable bonds is 4. The van der Waals surface area contributed by atoms with Gasteiger partial charge in [-0.05, 0) is 25.5 Å². The van der Waals surface area contributed by atoms with Gasteiger partial charge >= 0.3 is 0 Å². The summed E-state index contributed by atoms with van der Waals surface area (Å²) >= 11 is 0. The summed E-state index contributed by atoms with van der Waals surface area (Å²) < 4.78 is 32.9. The SMILES string of the molecule is CCC(C)(C(=O)c1c(F)cccc1F)N1CCOCC1. The van der Waals surface area contributed by atoms with E-state index in [9.17, 15) is 13.6 Å². The lowest BCUT2D eigenvalue weighted by molar-refractivity contribution is -0.0109. The topological polar surface area (TPSA) is 29.5 Å². The first-order valence-electron chi connectivity index (χ1n) is 6.82. The van der Waals surface area contributed by atoms with Crippen molar-refractivity contribution < 1.29 is 18.3 Å². The molecule has 1 aromatic carbocycles. The van der Waals surface area contributed by atoms with Crippen molar-refractivity contribution in [2.75, 3.05) is 26.3 Å². The Morgan fingerprint density at radius 1 is 1.30 bits per heavy atom. The van der Waals surface area contributed by atoms with E-state index < -0.39 is 28.5 Å². The van der Waals surface area contributed by atoms with Crippen LogP contribution in [0.3, 0.4) is 0 Å². The van der Waals surface area contributed by atoms with Crippen molar-refractivity contribution in [1.29, 1.82) is 0 Å². The lowest BCUT2D eigenvalue weighted by Gasteiger charge is -2.41. The molecule has 1 aliphatic rings. The molecule has 0 bridgehead atoms. The summed E-state index contributed by atoms with van der Waals surface area (Å²) in [7, 11) is 0. The van der Waals surface area contributed by atoms with Gasteiger partial charge in [-0.3, -0.25) is 9.69 Å². The third-order valence-corrected chi connectivity index (χ3v) is 4.08. The van der Waals surface area contributed by atoms with E-state index in [1.54, 1.807) is 6.92 Å². The third kappa shape index (κ3) is 2.60. The minimum Gasteiger partial charge on any atom is -0.379 e. The zero-order valence-electron chi connectivity index (χ0n) is 11.8. The predicted molar refractivity (Wildman–Crippen MR) is 71.8 cm³/mol. The van der Waals surface area contributed by atoms with Crippen LogP contribution < -0.4 is 0 Å². The zero-order chi connectivity index (χ0) is 14.8. The highest BCUT2D eigenvalue weighted by molar-refractivity contribution is 6.03. The molecule has 1 saturated heterocycles. The van der Waals surface area contributed by atoms with Crippen molar-refractivity contribution in [3.63, 3.8) is 0 Å². The summed E-state index contributed by atoms with van der Waals surface area (Å²) in [6.45, 7) is 5.84. The molecule has 0 aliphatic carbocycles. The molecular formula is C15H19F2NO2. The molecule has 0 N–H and O–H groups in total. The normalized spacial score (nSPS) is 19.6. The molecule has 1 heterocycles. The Labute approximate surface area is 117 Å². The summed E-state index contributed by atoms with van der Waals surface area (Å²) in [6, 6.07) is 3.50. The Kier molecular flexibility index (Phi) is 4.50. The maximum atomic E-state index is 13.8. The minimum absolute atomic E-state index is 0.441. The summed E-state index contributed by atoms with van der Waals surface area (Å²) in [5.41, 5.74) is -1.35. The first-order valence-corrected chi connectivity index (χ1v) is 6.82. The van der Waals surface area contributed by atoms with Crippen molar-refractivity contribution >= 4 is 5.78 Å².